The SMILES string of the molecule is c1cnc2c(Nc3ccc4c(NCC5CCOCC5)nccc4c3)n[nH]c2c1. The van der Waals surface area contributed by atoms with Gasteiger partial charge in [0.05, 0.1) is 5.52 Å². The zero-order valence-electron chi connectivity index (χ0n) is 15.5. The molecule has 1 aromatic carbocycles. The Balaban J connectivity index is 1.37. The molecule has 0 saturated carbocycles. The van der Waals surface area contributed by atoms with Gasteiger partial charge in [0, 0.05) is 43.2 Å². The van der Waals surface area contributed by atoms with Crippen LogP contribution in [0.5, 0.6) is 0 Å². The molecule has 1 fully saturated rings. The molecule has 5 rings (SSSR count). The van der Waals surface area contributed by atoms with Crippen LogP contribution >= 0.6 is 0 Å². The smallest absolute Gasteiger partial charge is 0.178 e. The lowest BCUT2D eigenvalue weighted by Gasteiger charge is -2.22. The molecule has 0 aliphatic carbocycles. The molecule has 4 heterocycles. The van der Waals surface area contributed by atoms with Gasteiger partial charge in [-0.15, -0.1) is 0 Å². The second-order valence-electron chi connectivity index (χ2n) is 7.13. The Morgan fingerprint density at radius 1 is 1.04 bits per heavy atom. The van der Waals surface area contributed by atoms with E-state index in [0.29, 0.717) is 5.92 Å². The molecule has 1 aliphatic heterocycles. The average molecular weight is 374 g/mol. The first-order valence-corrected chi connectivity index (χ1v) is 9.63. The molecule has 1 aliphatic rings. The molecule has 0 bridgehead atoms. The van der Waals surface area contributed by atoms with Crippen molar-refractivity contribution in [1.82, 2.24) is 20.2 Å². The molecule has 0 radical (unpaired) electrons. The minimum absolute atomic E-state index is 0.646. The number of nitrogens with one attached hydrogen (secondary N) is 3. The first-order chi connectivity index (χ1) is 13.9. The van der Waals surface area contributed by atoms with Crippen molar-refractivity contribution in [2.45, 2.75) is 12.8 Å². The van der Waals surface area contributed by atoms with E-state index in [1.165, 1.54) is 0 Å². The maximum Gasteiger partial charge on any atom is 0.178 e. The molecular formula is C21H22N6O. The van der Waals surface area contributed by atoms with Crippen LogP contribution in [-0.4, -0.2) is 39.9 Å². The van der Waals surface area contributed by atoms with Crippen LogP contribution in [-0.2, 0) is 4.74 Å². The highest BCUT2D eigenvalue weighted by atomic mass is 16.5. The summed E-state index contributed by atoms with van der Waals surface area (Å²) in [5.74, 6) is 2.30. The second kappa shape index (κ2) is 7.44. The fraction of sp³-hybridized carbons (Fsp3) is 0.286. The lowest BCUT2D eigenvalue weighted by Crippen LogP contribution is -2.22. The highest BCUT2D eigenvalue weighted by Gasteiger charge is 2.14. The van der Waals surface area contributed by atoms with E-state index in [2.05, 4.69) is 42.9 Å². The van der Waals surface area contributed by atoms with Gasteiger partial charge in [0.25, 0.3) is 0 Å². The number of ether oxygens (including phenoxy) is 1. The van der Waals surface area contributed by atoms with Gasteiger partial charge in [-0.1, -0.05) is 0 Å². The van der Waals surface area contributed by atoms with Crippen molar-refractivity contribution < 1.29 is 4.74 Å². The number of hydrogen-bond acceptors (Lipinski definition) is 6. The van der Waals surface area contributed by atoms with Gasteiger partial charge in [0.1, 0.15) is 11.3 Å². The molecule has 4 aromatic rings. The van der Waals surface area contributed by atoms with E-state index in [1.807, 2.05) is 30.5 Å². The molecule has 7 heteroatoms. The van der Waals surface area contributed by atoms with E-state index in [1.54, 1.807) is 6.20 Å². The normalized spacial score (nSPS) is 15.1. The van der Waals surface area contributed by atoms with Crippen LogP contribution in [0.2, 0.25) is 0 Å². The Bertz CT molecular complexity index is 1100. The van der Waals surface area contributed by atoms with Gasteiger partial charge >= 0.3 is 0 Å². The van der Waals surface area contributed by atoms with Gasteiger partial charge in [-0.3, -0.25) is 10.1 Å². The molecule has 3 N–H and O–H groups in total. The molecule has 1 saturated heterocycles. The van der Waals surface area contributed by atoms with E-state index in [4.69, 9.17) is 4.74 Å². The summed E-state index contributed by atoms with van der Waals surface area (Å²) in [6.45, 7) is 2.66. The number of fused-ring (bicyclic) bond motifs is 2. The Hall–Kier alpha value is -3.19. The predicted octanol–water partition coefficient (Wildman–Crippen LogP) is 4.09. The minimum atomic E-state index is 0.646. The van der Waals surface area contributed by atoms with Crippen molar-refractivity contribution in [3.8, 4) is 0 Å². The van der Waals surface area contributed by atoms with Crippen LogP contribution in [0.4, 0.5) is 17.3 Å². The number of benzene rings is 1. The molecule has 28 heavy (non-hydrogen) atoms. The van der Waals surface area contributed by atoms with Crippen molar-refractivity contribution in [3.63, 3.8) is 0 Å². The number of H-pyrrole nitrogens is 1. The summed E-state index contributed by atoms with van der Waals surface area (Å²) < 4.78 is 5.44. The van der Waals surface area contributed by atoms with Crippen LogP contribution in [0, 0.1) is 5.92 Å². The molecule has 0 spiro atoms. The number of anilines is 3. The van der Waals surface area contributed by atoms with E-state index in [-0.39, 0.29) is 0 Å². The summed E-state index contributed by atoms with van der Waals surface area (Å²) in [6.07, 6.45) is 5.84. The predicted molar refractivity (Wildman–Crippen MR) is 111 cm³/mol. The molecule has 0 amide bonds. The average Bonchev–Trinajstić information content (AvgIpc) is 3.16. The summed E-state index contributed by atoms with van der Waals surface area (Å²) in [6, 6.07) is 12.1. The monoisotopic (exact) mass is 374 g/mol. The highest BCUT2D eigenvalue weighted by Crippen LogP contribution is 2.28. The minimum Gasteiger partial charge on any atom is -0.381 e. The van der Waals surface area contributed by atoms with E-state index < -0.39 is 0 Å². The Labute approximate surface area is 162 Å². The summed E-state index contributed by atoms with van der Waals surface area (Å²) in [5.41, 5.74) is 2.71. The number of aromatic amines is 1. The van der Waals surface area contributed by atoms with Gasteiger partial charge in [-0.2, -0.15) is 5.10 Å². The van der Waals surface area contributed by atoms with Crippen molar-refractivity contribution >= 4 is 39.1 Å². The zero-order valence-corrected chi connectivity index (χ0v) is 15.5. The number of aromatic nitrogens is 4. The Kier molecular flexibility index (Phi) is 4.50. The fourth-order valence-corrected chi connectivity index (χ4v) is 3.67. The standard InChI is InChI=1S/C21H22N6O/c1-2-18-19(22-8-1)21(27-26-18)25-16-3-4-17-15(12-16)5-9-23-20(17)24-13-14-6-10-28-11-7-14/h1-5,8-9,12,14H,6-7,10-11,13H2,(H,23,24)(H2,25,26,27). The third-order valence-corrected chi connectivity index (χ3v) is 5.25. The van der Waals surface area contributed by atoms with Gasteiger partial charge in [-0.05, 0) is 60.5 Å². The molecule has 3 aromatic heterocycles. The van der Waals surface area contributed by atoms with Crippen molar-refractivity contribution in [2.24, 2.45) is 5.92 Å². The number of pyridine rings is 2. The first kappa shape index (κ1) is 16.9. The topological polar surface area (TPSA) is 87.8 Å². The molecule has 142 valence electrons. The van der Waals surface area contributed by atoms with Crippen LogP contribution < -0.4 is 10.6 Å². The van der Waals surface area contributed by atoms with Gasteiger partial charge in [-0.25, -0.2) is 4.98 Å². The maximum absolute atomic E-state index is 5.44. The Morgan fingerprint density at radius 2 is 1.96 bits per heavy atom. The van der Waals surface area contributed by atoms with Gasteiger partial charge < -0.3 is 15.4 Å². The Morgan fingerprint density at radius 3 is 2.89 bits per heavy atom. The van der Waals surface area contributed by atoms with Crippen molar-refractivity contribution in [2.75, 3.05) is 30.4 Å². The number of rotatable bonds is 5. The van der Waals surface area contributed by atoms with E-state index in [9.17, 15) is 0 Å². The van der Waals surface area contributed by atoms with Gasteiger partial charge in [0.2, 0.25) is 0 Å². The second-order valence-corrected chi connectivity index (χ2v) is 7.13. The quantitative estimate of drug-likeness (QED) is 0.488. The highest BCUT2D eigenvalue weighted by molar-refractivity contribution is 5.95. The lowest BCUT2D eigenvalue weighted by atomic mass is 10.0. The largest absolute Gasteiger partial charge is 0.381 e. The number of hydrogen-bond donors (Lipinski definition) is 3. The van der Waals surface area contributed by atoms with Gasteiger partial charge in [0.15, 0.2) is 5.82 Å². The van der Waals surface area contributed by atoms with Crippen molar-refractivity contribution in [3.05, 3.63) is 48.8 Å². The van der Waals surface area contributed by atoms with Crippen LogP contribution in [0.3, 0.4) is 0 Å². The van der Waals surface area contributed by atoms with Crippen molar-refractivity contribution in [1.29, 1.82) is 0 Å². The molecule has 0 unspecified atom stereocenters. The number of nitrogens with zero attached hydrogens (tertiary/aromatic N) is 3. The molecule has 0 atom stereocenters. The molecule has 7 nitrogen and oxygen atoms in total. The third-order valence-electron chi connectivity index (χ3n) is 5.25. The third kappa shape index (κ3) is 3.36. The van der Waals surface area contributed by atoms with E-state index in [0.717, 1.165) is 71.7 Å². The zero-order chi connectivity index (χ0) is 18.8. The summed E-state index contributed by atoms with van der Waals surface area (Å²) in [5, 5.41) is 16.5. The summed E-state index contributed by atoms with van der Waals surface area (Å²) in [7, 11) is 0. The van der Waals surface area contributed by atoms with E-state index >= 15 is 0 Å². The first-order valence-electron chi connectivity index (χ1n) is 9.63. The summed E-state index contributed by atoms with van der Waals surface area (Å²) in [4.78, 5) is 8.94. The van der Waals surface area contributed by atoms with Crippen LogP contribution in [0.1, 0.15) is 12.8 Å². The fourth-order valence-electron chi connectivity index (χ4n) is 3.67. The lowest BCUT2D eigenvalue weighted by molar-refractivity contribution is 0.0699. The summed E-state index contributed by atoms with van der Waals surface area (Å²) >= 11 is 0. The molecular weight excluding hydrogens is 352 g/mol. The maximum atomic E-state index is 5.44. The van der Waals surface area contributed by atoms with Crippen LogP contribution in [0.15, 0.2) is 48.8 Å². The van der Waals surface area contributed by atoms with Crippen LogP contribution in [0.25, 0.3) is 21.8 Å².